The van der Waals surface area contributed by atoms with E-state index >= 15 is 0 Å². The molecule has 1 nitrogen and oxygen atoms in total. The van der Waals surface area contributed by atoms with Crippen LogP contribution in [0.15, 0.2) is 12.2 Å². The molecule has 5 aliphatic rings. The Morgan fingerprint density at radius 2 is 1.56 bits per heavy atom. The lowest BCUT2D eigenvalue weighted by Gasteiger charge is -2.62. The van der Waals surface area contributed by atoms with Crippen LogP contribution in [0.25, 0.3) is 0 Å². The van der Waals surface area contributed by atoms with Gasteiger partial charge < -0.3 is 0 Å². The summed E-state index contributed by atoms with van der Waals surface area (Å²) in [5.74, 6) is 4.49. The topological polar surface area (TPSA) is 17.1 Å². The van der Waals surface area contributed by atoms with E-state index in [0.717, 1.165) is 24.2 Å². The van der Waals surface area contributed by atoms with Crippen LogP contribution in [0.4, 0.5) is 0 Å². The van der Waals surface area contributed by atoms with Crippen LogP contribution in [-0.2, 0) is 4.79 Å². The van der Waals surface area contributed by atoms with Crippen molar-refractivity contribution in [3.63, 3.8) is 0 Å². The Morgan fingerprint density at radius 1 is 0.906 bits per heavy atom. The van der Waals surface area contributed by atoms with Gasteiger partial charge in [0.05, 0.1) is 0 Å². The van der Waals surface area contributed by atoms with E-state index in [4.69, 9.17) is 0 Å². The average molecular weight is 439 g/mol. The number of ketones is 1. The van der Waals surface area contributed by atoms with Crippen molar-refractivity contribution >= 4 is 5.78 Å². The number of carbonyl (C=O) groups excluding carboxylic acids is 1. The summed E-state index contributed by atoms with van der Waals surface area (Å²) < 4.78 is 0. The summed E-state index contributed by atoms with van der Waals surface area (Å²) >= 11 is 0. The first-order valence-electron chi connectivity index (χ1n) is 14.0. The van der Waals surface area contributed by atoms with Crippen LogP contribution in [0.3, 0.4) is 0 Å². The minimum atomic E-state index is -0.0823. The standard InChI is InChI=1S/C31H50O/c1-20(2)21(3)9-10-22(4)23-13-15-29(8)25-12-11-24-27(5,6)26(32)14-16-30(24)19-31(25,30)18-17-28(23,29)7/h21-25H,1,9-19H2,2-8H3. The number of Topliss-reactive ketones (excluding diaryl/α,β-unsaturated/α-hetero) is 1. The molecule has 9 unspecified atom stereocenters. The summed E-state index contributed by atoms with van der Waals surface area (Å²) in [6.07, 6.45) is 14.7. The lowest BCUT2D eigenvalue weighted by atomic mass is 9.42. The van der Waals surface area contributed by atoms with Gasteiger partial charge in [0.1, 0.15) is 5.78 Å². The SMILES string of the molecule is C=C(C)C(C)CCC(C)C1CCC2(C)C3CCC4C(C)(C)C(=O)CCC45CC35CCC12C. The fraction of sp³-hybridized carbons (Fsp3) is 0.903. The van der Waals surface area contributed by atoms with Gasteiger partial charge in [-0.15, -0.1) is 0 Å². The molecule has 0 aromatic rings. The van der Waals surface area contributed by atoms with Gasteiger partial charge >= 0.3 is 0 Å². The predicted octanol–water partition coefficient (Wildman–Crippen LogP) is 8.62. The van der Waals surface area contributed by atoms with Gasteiger partial charge in [-0.1, -0.05) is 53.7 Å². The molecular formula is C31H50O. The number of hydrogen-bond donors (Lipinski definition) is 0. The Hall–Kier alpha value is -0.590. The molecule has 0 heterocycles. The van der Waals surface area contributed by atoms with E-state index in [1.165, 1.54) is 69.8 Å². The zero-order valence-electron chi connectivity index (χ0n) is 22.3. The van der Waals surface area contributed by atoms with Gasteiger partial charge in [-0.25, -0.2) is 0 Å². The highest BCUT2D eigenvalue weighted by atomic mass is 16.1. The molecule has 5 fully saturated rings. The van der Waals surface area contributed by atoms with E-state index in [1.807, 2.05) is 0 Å². The predicted molar refractivity (Wildman–Crippen MR) is 134 cm³/mol. The first kappa shape index (κ1) is 23.2. The largest absolute Gasteiger partial charge is 0.299 e. The minimum absolute atomic E-state index is 0.0823. The second-order valence-corrected chi connectivity index (χ2v) is 14.6. The van der Waals surface area contributed by atoms with Gasteiger partial charge in [0.15, 0.2) is 0 Å². The molecule has 5 saturated carbocycles. The third-order valence-electron chi connectivity index (χ3n) is 13.5. The highest BCUT2D eigenvalue weighted by Gasteiger charge is 2.82. The molecular weight excluding hydrogens is 388 g/mol. The van der Waals surface area contributed by atoms with E-state index in [1.54, 1.807) is 0 Å². The van der Waals surface area contributed by atoms with Crippen molar-refractivity contribution in [1.82, 2.24) is 0 Å². The van der Waals surface area contributed by atoms with Crippen molar-refractivity contribution in [2.45, 2.75) is 119 Å². The molecule has 0 aliphatic heterocycles. The minimum Gasteiger partial charge on any atom is -0.299 e. The number of rotatable bonds is 5. The Labute approximate surface area is 198 Å². The van der Waals surface area contributed by atoms with Crippen LogP contribution in [0.5, 0.6) is 0 Å². The zero-order chi connectivity index (χ0) is 23.3. The molecule has 0 radical (unpaired) electrons. The third-order valence-corrected chi connectivity index (χ3v) is 13.5. The van der Waals surface area contributed by atoms with Crippen LogP contribution < -0.4 is 0 Å². The van der Waals surface area contributed by atoms with Crippen molar-refractivity contribution < 1.29 is 4.79 Å². The van der Waals surface area contributed by atoms with Crippen LogP contribution in [0.1, 0.15) is 119 Å². The van der Waals surface area contributed by atoms with E-state index in [-0.39, 0.29) is 5.41 Å². The molecule has 5 aliphatic carbocycles. The van der Waals surface area contributed by atoms with Crippen molar-refractivity contribution in [3.8, 4) is 0 Å². The van der Waals surface area contributed by atoms with Crippen LogP contribution >= 0.6 is 0 Å². The van der Waals surface area contributed by atoms with Crippen molar-refractivity contribution in [2.75, 3.05) is 0 Å². The summed E-state index contributed by atoms with van der Waals surface area (Å²) in [5, 5.41) is 0. The van der Waals surface area contributed by atoms with Crippen molar-refractivity contribution in [1.29, 1.82) is 0 Å². The highest BCUT2D eigenvalue weighted by molar-refractivity contribution is 5.86. The quantitative estimate of drug-likeness (QED) is 0.393. The molecule has 180 valence electrons. The molecule has 0 bridgehead atoms. The van der Waals surface area contributed by atoms with Gasteiger partial charge in [0.25, 0.3) is 0 Å². The van der Waals surface area contributed by atoms with Gasteiger partial charge in [-0.3, -0.25) is 4.79 Å². The van der Waals surface area contributed by atoms with E-state index in [0.29, 0.717) is 39.3 Å². The molecule has 1 heteroatoms. The molecule has 9 atom stereocenters. The normalized spacial score (nSPS) is 50.5. The average Bonchev–Trinajstić information content (AvgIpc) is 3.31. The number of fused-ring (bicyclic) bond motifs is 2. The summed E-state index contributed by atoms with van der Waals surface area (Å²) in [7, 11) is 0. The van der Waals surface area contributed by atoms with Crippen LogP contribution in [-0.4, -0.2) is 5.78 Å². The number of carbonyl (C=O) groups is 1. The zero-order valence-corrected chi connectivity index (χ0v) is 22.3. The van der Waals surface area contributed by atoms with Crippen LogP contribution in [0.2, 0.25) is 0 Å². The molecule has 0 N–H and O–H groups in total. The molecule has 32 heavy (non-hydrogen) atoms. The lowest BCUT2D eigenvalue weighted by Crippen LogP contribution is -2.57. The van der Waals surface area contributed by atoms with Crippen LogP contribution in [0, 0.1) is 56.7 Å². The van der Waals surface area contributed by atoms with Gasteiger partial charge in [0, 0.05) is 11.8 Å². The van der Waals surface area contributed by atoms with Crippen molar-refractivity contribution in [2.24, 2.45) is 56.7 Å². The second kappa shape index (κ2) is 6.97. The molecule has 0 amide bonds. The van der Waals surface area contributed by atoms with Gasteiger partial charge in [-0.2, -0.15) is 0 Å². The van der Waals surface area contributed by atoms with E-state index in [2.05, 4.69) is 55.0 Å². The van der Waals surface area contributed by atoms with E-state index < -0.39 is 0 Å². The number of hydrogen-bond acceptors (Lipinski definition) is 1. The fourth-order valence-corrected chi connectivity index (χ4v) is 11.1. The monoisotopic (exact) mass is 438 g/mol. The smallest absolute Gasteiger partial charge is 0.138 e. The molecule has 0 aromatic heterocycles. The Kier molecular flexibility index (Phi) is 5.05. The molecule has 2 spiro atoms. The maximum Gasteiger partial charge on any atom is 0.138 e. The third kappa shape index (κ3) is 2.66. The molecule has 0 aromatic carbocycles. The van der Waals surface area contributed by atoms with Gasteiger partial charge in [-0.05, 0) is 122 Å². The maximum atomic E-state index is 12.8. The highest BCUT2D eigenvalue weighted by Crippen LogP contribution is 2.88. The molecule has 5 rings (SSSR count). The summed E-state index contributed by atoms with van der Waals surface area (Å²) in [6, 6.07) is 0. The van der Waals surface area contributed by atoms with Gasteiger partial charge in [0.2, 0.25) is 0 Å². The first-order valence-corrected chi connectivity index (χ1v) is 14.0. The van der Waals surface area contributed by atoms with Crippen molar-refractivity contribution in [3.05, 3.63) is 12.2 Å². The fourth-order valence-electron chi connectivity index (χ4n) is 11.1. The summed E-state index contributed by atoms with van der Waals surface area (Å²) in [6.45, 7) is 21.4. The van der Waals surface area contributed by atoms with E-state index in [9.17, 15) is 4.79 Å². The Bertz CT molecular complexity index is 822. The second-order valence-electron chi connectivity index (χ2n) is 14.6. The maximum absolute atomic E-state index is 12.8. The Balaban J connectivity index is 1.39. The summed E-state index contributed by atoms with van der Waals surface area (Å²) in [5.41, 5.74) is 3.37. The first-order chi connectivity index (χ1) is 14.9. The number of allylic oxidation sites excluding steroid dienone is 1. The lowest BCUT2D eigenvalue weighted by molar-refractivity contribution is -0.157. The molecule has 0 saturated heterocycles. The Morgan fingerprint density at radius 3 is 2.25 bits per heavy atom. The summed E-state index contributed by atoms with van der Waals surface area (Å²) in [4.78, 5) is 12.8.